The predicted octanol–water partition coefficient (Wildman–Crippen LogP) is 7.64. The summed E-state index contributed by atoms with van der Waals surface area (Å²) in [6, 6.07) is 5.26. The maximum atomic E-state index is 12.9. The Labute approximate surface area is 210 Å². The molecule has 0 bridgehead atoms. The molecule has 2 unspecified atom stereocenters. The molecule has 1 aromatic carbocycles. The summed E-state index contributed by atoms with van der Waals surface area (Å²) < 4.78 is 49.9. The van der Waals surface area contributed by atoms with Gasteiger partial charge in [-0.15, -0.1) is 0 Å². The van der Waals surface area contributed by atoms with Crippen LogP contribution in [0.15, 0.2) is 58.4 Å². The molecule has 1 fully saturated rings. The fourth-order valence-corrected chi connectivity index (χ4v) is 4.21. The number of allylic oxidation sites excluding steroid dienone is 5. The van der Waals surface area contributed by atoms with Crippen LogP contribution in [-0.4, -0.2) is 32.4 Å². The van der Waals surface area contributed by atoms with E-state index in [9.17, 15) is 18.0 Å². The van der Waals surface area contributed by atoms with E-state index < -0.39 is 23.9 Å². The average Bonchev–Trinajstić information content (AvgIpc) is 3.62. The van der Waals surface area contributed by atoms with Crippen molar-refractivity contribution in [3.63, 3.8) is 0 Å². The maximum Gasteiger partial charge on any atom is 0.392 e. The molecule has 1 saturated carbocycles. The van der Waals surface area contributed by atoms with Crippen LogP contribution in [0.3, 0.4) is 0 Å². The van der Waals surface area contributed by atoms with Crippen molar-refractivity contribution in [2.75, 3.05) is 25.6 Å². The van der Waals surface area contributed by atoms with E-state index in [4.69, 9.17) is 9.47 Å². The number of rotatable bonds is 12. The van der Waals surface area contributed by atoms with E-state index in [-0.39, 0.29) is 6.42 Å². The highest BCUT2D eigenvalue weighted by atomic mass is 32.2. The number of methoxy groups -OCH3 is 1. The van der Waals surface area contributed by atoms with E-state index in [1.165, 1.54) is 0 Å². The Morgan fingerprint density at radius 1 is 1.26 bits per heavy atom. The highest BCUT2D eigenvalue weighted by Gasteiger charge is 2.58. The van der Waals surface area contributed by atoms with Gasteiger partial charge in [0.25, 0.3) is 0 Å². The van der Waals surface area contributed by atoms with E-state index >= 15 is 0 Å². The van der Waals surface area contributed by atoms with Gasteiger partial charge in [-0.1, -0.05) is 43.0 Å². The Hall–Kier alpha value is -2.45. The topological polar surface area (TPSA) is 47.6 Å². The van der Waals surface area contributed by atoms with Gasteiger partial charge in [-0.3, -0.25) is 4.79 Å². The first kappa shape index (κ1) is 28.8. The van der Waals surface area contributed by atoms with E-state index in [1.54, 1.807) is 31.0 Å². The quantitative estimate of drug-likeness (QED) is 0.179. The Kier molecular flexibility index (Phi) is 11.2. The van der Waals surface area contributed by atoms with Gasteiger partial charge >= 0.3 is 6.18 Å². The van der Waals surface area contributed by atoms with Crippen LogP contribution in [0.4, 0.5) is 18.9 Å². The van der Waals surface area contributed by atoms with Gasteiger partial charge in [-0.05, 0) is 68.4 Å². The molecule has 2 rings (SSSR count). The Balaban J connectivity index is 2.39. The fourth-order valence-electron chi connectivity index (χ4n) is 3.51. The van der Waals surface area contributed by atoms with E-state index in [0.717, 1.165) is 28.0 Å². The second-order valence-corrected chi connectivity index (χ2v) is 9.11. The number of alkyl halides is 3. The number of anilines is 1. The molecule has 0 radical (unpaired) electrons. The lowest BCUT2D eigenvalue weighted by Gasteiger charge is -2.16. The lowest BCUT2D eigenvalue weighted by atomic mass is 10.0. The van der Waals surface area contributed by atoms with Crippen molar-refractivity contribution in [3.05, 3.63) is 69.5 Å². The van der Waals surface area contributed by atoms with E-state index in [2.05, 4.69) is 18.3 Å². The Morgan fingerprint density at radius 3 is 2.57 bits per heavy atom. The van der Waals surface area contributed by atoms with Gasteiger partial charge < -0.3 is 14.8 Å². The van der Waals surface area contributed by atoms with Gasteiger partial charge in [0, 0.05) is 23.3 Å². The molecule has 1 aromatic rings. The summed E-state index contributed by atoms with van der Waals surface area (Å²) in [7, 11) is 1.59. The lowest BCUT2D eigenvalue weighted by molar-refractivity contribution is -0.153. The van der Waals surface area contributed by atoms with Crippen molar-refractivity contribution in [1.29, 1.82) is 0 Å². The normalized spacial score (nSPS) is 19.3. The molecule has 4 nitrogen and oxygen atoms in total. The lowest BCUT2D eigenvalue weighted by Crippen LogP contribution is -2.20. The Morgan fingerprint density at radius 2 is 2.00 bits per heavy atom. The highest BCUT2D eigenvalue weighted by Crippen LogP contribution is 2.50. The molecule has 192 valence electrons. The zero-order chi connectivity index (χ0) is 26.0. The smallest absolute Gasteiger partial charge is 0.392 e. The molecular weight excluding hydrogens is 475 g/mol. The van der Waals surface area contributed by atoms with Gasteiger partial charge in [-0.25, -0.2) is 0 Å². The molecule has 0 heterocycles. The number of hydrogen-bond acceptors (Lipinski definition) is 4. The molecule has 1 amide bonds. The molecule has 0 aromatic heterocycles. The summed E-state index contributed by atoms with van der Waals surface area (Å²) in [4.78, 5) is 13.5. The van der Waals surface area contributed by atoms with Crippen LogP contribution in [0, 0.1) is 18.8 Å². The fraction of sp³-hybridized carbons (Fsp3) is 0.444. The SMILES string of the molecule is C/C=C\SC(=C\C)/C(=C\CC)/C=C(/OCCOC)c1cc(NC(=O)C2CC2C(F)(F)F)ccc1C. The van der Waals surface area contributed by atoms with Gasteiger partial charge in [0.05, 0.1) is 18.4 Å². The largest absolute Gasteiger partial charge is 0.491 e. The molecule has 1 N–H and O–H groups in total. The summed E-state index contributed by atoms with van der Waals surface area (Å²) in [6.07, 6.45) is 4.38. The molecule has 0 spiro atoms. The third-order valence-corrected chi connectivity index (χ3v) is 6.59. The maximum absolute atomic E-state index is 12.9. The molecule has 35 heavy (non-hydrogen) atoms. The first-order chi connectivity index (χ1) is 16.7. The first-order valence-electron chi connectivity index (χ1n) is 11.6. The van der Waals surface area contributed by atoms with E-state index in [0.29, 0.717) is 24.7 Å². The van der Waals surface area contributed by atoms with Crippen LogP contribution >= 0.6 is 11.8 Å². The number of halogens is 3. The number of carbonyl (C=O) groups excluding carboxylic acids is 1. The van der Waals surface area contributed by atoms with Gasteiger partial charge in [0.15, 0.2) is 0 Å². The third kappa shape index (κ3) is 8.61. The van der Waals surface area contributed by atoms with Crippen LogP contribution in [0.1, 0.15) is 44.7 Å². The van der Waals surface area contributed by atoms with Gasteiger partial charge in [0.2, 0.25) is 5.91 Å². The van der Waals surface area contributed by atoms with Crippen molar-refractivity contribution in [1.82, 2.24) is 0 Å². The summed E-state index contributed by atoms with van der Waals surface area (Å²) in [5.41, 5.74) is 3.08. The van der Waals surface area contributed by atoms with Gasteiger partial charge in [-0.2, -0.15) is 13.2 Å². The second-order valence-electron chi connectivity index (χ2n) is 8.17. The number of ether oxygens (including phenoxy) is 2. The molecule has 8 heteroatoms. The number of aryl methyl sites for hydroxylation is 1. The predicted molar refractivity (Wildman–Crippen MR) is 138 cm³/mol. The summed E-state index contributed by atoms with van der Waals surface area (Å²) >= 11 is 1.60. The van der Waals surface area contributed by atoms with Crippen LogP contribution in [-0.2, 0) is 14.3 Å². The first-order valence-corrected chi connectivity index (χ1v) is 12.5. The summed E-state index contributed by atoms with van der Waals surface area (Å²) in [5, 5.41) is 4.66. The minimum Gasteiger partial charge on any atom is -0.491 e. The van der Waals surface area contributed by atoms with Crippen molar-refractivity contribution in [2.24, 2.45) is 11.8 Å². The average molecular weight is 510 g/mol. The zero-order valence-corrected chi connectivity index (χ0v) is 21.7. The molecule has 0 aliphatic heterocycles. The minimum absolute atomic E-state index is 0.166. The number of carbonyl (C=O) groups is 1. The second kappa shape index (κ2) is 13.6. The highest BCUT2D eigenvalue weighted by molar-refractivity contribution is 8.06. The van der Waals surface area contributed by atoms with Gasteiger partial charge in [0.1, 0.15) is 12.4 Å². The third-order valence-electron chi connectivity index (χ3n) is 5.45. The summed E-state index contributed by atoms with van der Waals surface area (Å²) in [5.74, 6) is -2.61. The van der Waals surface area contributed by atoms with Crippen molar-refractivity contribution < 1.29 is 27.4 Å². The number of hydrogen-bond donors (Lipinski definition) is 1. The number of benzene rings is 1. The number of thioether (sulfide) groups is 1. The Bertz CT molecular complexity index is 996. The molecular formula is C27H34F3NO3S. The van der Waals surface area contributed by atoms with Crippen molar-refractivity contribution >= 4 is 29.1 Å². The molecule has 1 aliphatic rings. The molecule has 1 aliphatic carbocycles. The monoisotopic (exact) mass is 509 g/mol. The van der Waals surface area contributed by atoms with Crippen LogP contribution in [0.5, 0.6) is 0 Å². The van der Waals surface area contributed by atoms with Crippen molar-refractivity contribution in [3.8, 4) is 0 Å². The number of nitrogens with one attached hydrogen (secondary N) is 1. The minimum atomic E-state index is -4.34. The van der Waals surface area contributed by atoms with Crippen LogP contribution < -0.4 is 5.32 Å². The summed E-state index contributed by atoms with van der Waals surface area (Å²) in [6.45, 7) is 8.62. The molecule has 0 saturated heterocycles. The van der Waals surface area contributed by atoms with Crippen LogP contribution in [0.2, 0.25) is 0 Å². The van der Waals surface area contributed by atoms with Crippen molar-refractivity contribution in [2.45, 2.75) is 46.7 Å². The van der Waals surface area contributed by atoms with Crippen LogP contribution in [0.25, 0.3) is 5.76 Å². The standard InChI is InChI=1S/C27H34F3NO3S/c1-6-9-19(25(8-3)35-14-7-2)15-24(34-13-12-33-5)21-16-20(11-10-18(21)4)31-26(32)22-17-23(22)27(28,29)30/h7-11,14-16,22-23H,6,12-13,17H2,1-5H3,(H,31,32)/b14-7-,19-9-,24-15+,25-8-. The van der Waals surface area contributed by atoms with E-state index in [1.807, 2.05) is 50.5 Å². The zero-order valence-electron chi connectivity index (χ0n) is 20.9. The molecule has 2 atom stereocenters. The number of amides is 1.